The summed E-state index contributed by atoms with van der Waals surface area (Å²) < 4.78 is 23.3. The lowest BCUT2D eigenvalue weighted by atomic mass is 9.78. The van der Waals surface area contributed by atoms with Gasteiger partial charge in [-0.25, -0.2) is 0 Å². The molecule has 2 heterocycles. The van der Waals surface area contributed by atoms with Gasteiger partial charge in [-0.2, -0.15) is 12.6 Å². The molecule has 0 bridgehead atoms. The first-order valence-corrected chi connectivity index (χ1v) is 8.96. The Bertz CT molecular complexity index is 590. The summed E-state index contributed by atoms with van der Waals surface area (Å²) in [6.07, 6.45) is 1.84. The molecule has 0 aromatic heterocycles. The molecule has 3 rings (SSSR count). The predicted octanol–water partition coefficient (Wildman–Crippen LogP) is 3.68. The van der Waals surface area contributed by atoms with Crippen LogP contribution in [0, 0.1) is 0 Å². The summed E-state index contributed by atoms with van der Waals surface area (Å²) in [4.78, 5) is 0. The zero-order valence-electron chi connectivity index (χ0n) is 14.7. The number of rotatable bonds is 4. The fourth-order valence-corrected chi connectivity index (χ4v) is 2.94. The van der Waals surface area contributed by atoms with Crippen molar-refractivity contribution >= 4 is 25.8 Å². The third kappa shape index (κ3) is 3.58. The number of ether oxygens (including phenoxy) is 2. The van der Waals surface area contributed by atoms with Gasteiger partial charge in [0.1, 0.15) is 0 Å². The van der Waals surface area contributed by atoms with Crippen LogP contribution in [0.25, 0.3) is 6.08 Å². The smallest absolute Gasteiger partial charge is 0.400 e. The van der Waals surface area contributed by atoms with Crippen LogP contribution in [0.15, 0.2) is 29.7 Å². The lowest BCUT2D eigenvalue weighted by molar-refractivity contribution is -0.0441. The van der Waals surface area contributed by atoms with Gasteiger partial charge in [-0.15, -0.1) is 0 Å². The number of hydrogen-bond acceptors (Lipinski definition) is 5. The Morgan fingerprint density at radius 3 is 2.12 bits per heavy atom. The molecule has 0 aliphatic carbocycles. The van der Waals surface area contributed by atoms with Gasteiger partial charge in [0.2, 0.25) is 0 Å². The lowest BCUT2D eigenvalue weighted by Crippen LogP contribution is -2.41. The Labute approximate surface area is 150 Å². The van der Waals surface area contributed by atoms with Crippen LogP contribution >= 0.6 is 12.6 Å². The highest BCUT2D eigenvalue weighted by molar-refractivity contribution is 7.80. The Morgan fingerprint density at radius 2 is 1.62 bits per heavy atom. The van der Waals surface area contributed by atoms with E-state index < -0.39 is 0 Å². The summed E-state index contributed by atoms with van der Waals surface area (Å²) in [5.74, 6) is 0.577. The van der Waals surface area contributed by atoms with Crippen molar-refractivity contribution in [2.45, 2.75) is 45.2 Å². The van der Waals surface area contributed by atoms with Gasteiger partial charge in [0.15, 0.2) is 6.29 Å². The van der Waals surface area contributed by atoms with E-state index in [1.54, 1.807) is 0 Å². The van der Waals surface area contributed by atoms with Crippen LogP contribution in [0.1, 0.15) is 45.1 Å². The second-order valence-electron chi connectivity index (χ2n) is 7.21. The number of benzene rings is 1. The summed E-state index contributed by atoms with van der Waals surface area (Å²) in [7, 11) is -0.367. The molecule has 0 unspecified atom stereocenters. The van der Waals surface area contributed by atoms with Crippen LogP contribution in [0.3, 0.4) is 0 Å². The maximum absolute atomic E-state index is 6.11. The van der Waals surface area contributed by atoms with Gasteiger partial charge in [-0.1, -0.05) is 30.3 Å². The summed E-state index contributed by atoms with van der Waals surface area (Å²) in [6.45, 7) is 9.52. The van der Waals surface area contributed by atoms with E-state index in [0.717, 1.165) is 16.6 Å². The molecule has 4 nitrogen and oxygen atoms in total. The first-order valence-electron chi connectivity index (χ1n) is 8.32. The molecule has 6 heteroatoms. The van der Waals surface area contributed by atoms with Gasteiger partial charge in [-0.05, 0) is 38.7 Å². The minimum absolute atomic E-state index is 0.240. The average molecular weight is 348 g/mol. The maximum atomic E-state index is 6.11. The van der Waals surface area contributed by atoms with E-state index in [1.807, 2.05) is 12.1 Å². The van der Waals surface area contributed by atoms with Crippen molar-refractivity contribution in [1.29, 1.82) is 0 Å². The molecular formula is C18H25BO4S. The molecule has 0 radical (unpaired) electrons. The van der Waals surface area contributed by atoms with Gasteiger partial charge >= 0.3 is 7.12 Å². The first kappa shape index (κ1) is 18.0. The van der Waals surface area contributed by atoms with E-state index in [0.29, 0.717) is 19.0 Å². The summed E-state index contributed by atoms with van der Waals surface area (Å²) in [5.41, 5.74) is 2.43. The van der Waals surface area contributed by atoms with Gasteiger partial charge in [0.05, 0.1) is 24.4 Å². The van der Waals surface area contributed by atoms with Crippen LogP contribution in [-0.4, -0.2) is 37.3 Å². The third-order valence-corrected chi connectivity index (χ3v) is 5.29. The largest absolute Gasteiger partial charge is 0.491 e. The van der Waals surface area contributed by atoms with E-state index in [4.69, 9.17) is 18.8 Å². The molecule has 0 spiro atoms. The van der Waals surface area contributed by atoms with Gasteiger partial charge in [-0.3, -0.25) is 0 Å². The fourth-order valence-electron chi connectivity index (χ4n) is 2.70. The highest BCUT2D eigenvalue weighted by atomic mass is 32.1. The van der Waals surface area contributed by atoms with Crippen molar-refractivity contribution < 1.29 is 18.8 Å². The van der Waals surface area contributed by atoms with Crippen LogP contribution in [-0.2, 0) is 18.8 Å². The molecule has 2 saturated heterocycles. The lowest BCUT2D eigenvalue weighted by Gasteiger charge is -2.32. The standard InChI is InChI=1S/C18H25BO4S/c1-17(2)18(3,4)23-19(22-17)15(12-24)11-13-5-7-14(8-6-13)16-20-9-10-21-16/h5-8,11,16,24H,9-10,12H2,1-4H3. The average Bonchev–Trinajstić information content (AvgIpc) is 3.12. The highest BCUT2D eigenvalue weighted by Crippen LogP contribution is 2.39. The zero-order chi connectivity index (χ0) is 17.4. The van der Waals surface area contributed by atoms with Crippen molar-refractivity contribution in [3.05, 3.63) is 40.9 Å². The molecule has 2 aliphatic heterocycles. The Morgan fingerprint density at radius 1 is 1.08 bits per heavy atom. The third-order valence-electron chi connectivity index (χ3n) is 4.92. The van der Waals surface area contributed by atoms with Crippen molar-refractivity contribution in [3.63, 3.8) is 0 Å². The molecule has 0 saturated carbocycles. The number of thiol groups is 1. The van der Waals surface area contributed by atoms with E-state index in [-0.39, 0.29) is 24.6 Å². The molecule has 2 aliphatic rings. The van der Waals surface area contributed by atoms with Gasteiger partial charge in [0.25, 0.3) is 0 Å². The molecule has 0 amide bonds. The number of hydrogen-bond donors (Lipinski definition) is 1. The zero-order valence-corrected chi connectivity index (χ0v) is 15.6. The predicted molar refractivity (Wildman–Crippen MR) is 99.0 cm³/mol. The van der Waals surface area contributed by atoms with Gasteiger partial charge in [0, 0.05) is 11.3 Å². The van der Waals surface area contributed by atoms with Crippen LogP contribution in [0.5, 0.6) is 0 Å². The molecule has 0 atom stereocenters. The molecule has 1 aromatic rings. The van der Waals surface area contributed by atoms with E-state index in [1.165, 1.54) is 0 Å². The second kappa shape index (κ2) is 6.85. The SMILES string of the molecule is CC1(C)OB(C(=Cc2ccc(C3OCCO3)cc2)CS)OC1(C)C. The van der Waals surface area contributed by atoms with E-state index in [2.05, 4.69) is 58.5 Å². The van der Waals surface area contributed by atoms with Crippen molar-refractivity contribution in [2.75, 3.05) is 19.0 Å². The van der Waals surface area contributed by atoms with E-state index >= 15 is 0 Å². The van der Waals surface area contributed by atoms with Crippen LogP contribution in [0.4, 0.5) is 0 Å². The summed E-state index contributed by atoms with van der Waals surface area (Å²) in [5, 5.41) is 0. The minimum Gasteiger partial charge on any atom is -0.400 e. The molecular weight excluding hydrogens is 323 g/mol. The van der Waals surface area contributed by atoms with Crippen molar-refractivity contribution in [1.82, 2.24) is 0 Å². The Kier molecular flexibility index (Phi) is 5.14. The molecule has 1 aromatic carbocycles. The first-order chi connectivity index (χ1) is 11.3. The van der Waals surface area contributed by atoms with Crippen LogP contribution in [0.2, 0.25) is 0 Å². The van der Waals surface area contributed by atoms with Crippen molar-refractivity contribution in [3.8, 4) is 0 Å². The molecule has 24 heavy (non-hydrogen) atoms. The van der Waals surface area contributed by atoms with E-state index in [9.17, 15) is 0 Å². The second-order valence-corrected chi connectivity index (χ2v) is 7.52. The topological polar surface area (TPSA) is 36.9 Å². The molecule has 0 N–H and O–H groups in total. The normalized spacial score (nSPS) is 23.9. The van der Waals surface area contributed by atoms with Gasteiger partial charge < -0.3 is 18.8 Å². The Balaban J connectivity index is 1.76. The molecule has 2 fully saturated rings. The minimum atomic E-state index is -0.367. The highest BCUT2D eigenvalue weighted by Gasteiger charge is 2.52. The Hall–Kier alpha value is -0.785. The quantitative estimate of drug-likeness (QED) is 0.665. The monoisotopic (exact) mass is 348 g/mol. The fraction of sp³-hybridized carbons (Fsp3) is 0.556. The molecule has 130 valence electrons. The maximum Gasteiger partial charge on any atom is 0.491 e. The summed E-state index contributed by atoms with van der Waals surface area (Å²) in [6, 6.07) is 8.16. The van der Waals surface area contributed by atoms with Crippen LogP contribution < -0.4 is 0 Å². The van der Waals surface area contributed by atoms with Crippen molar-refractivity contribution in [2.24, 2.45) is 0 Å². The summed E-state index contributed by atoms with van der Waals surface area (Å²) >= 11 is 4.46.